The molecule has 0 radical (unpaired) electrons. The number of aromatic amines is 1. The van der Waals surface area contributed by atoms with Crippen LogP contribution in [0.15, 0.2) is 48.7 Å². The Kier molecular flexibility index (Phi) is 4.14. The lowest BCUT2D eigenvalue weighted by Crippen LogP contribution is -2.32. The summed E-state index contributed by atoms with van der Waals surface area (Å²) in [6.45, 7) is 0. The van der Waals surface area contributed by atoms with Gasteiger partial charge in [0.05, 0.1) is 17.1 Å². The number of primary amides is 1. The van der Waals surface area contributed by atoms with Crippen LogP contribution in [0.25, 0.3) is 10.9 Å². The fourth-order valence-corrected chi connectivity index (χ4v) is 4.41. The summed E-state index contributed by atoms with van der Waals surface area (Å²) in [5.41, 5.74) is 7.19. The SMILES string of the molecule is NC(=O)C1(c2c[nH]c3ccc(O[C@H]4C[C@@H](c5ccc(C(F)(F)F)cc5)C4)cc23)CC1. The summed E-state index contributed by atoms with van der Waals surface area (Å²) < 4.78 is 44.2. The van der Waals surface area contributed by atoms with Crippen LogP contribution in [-0.2, 0) is 16.4 Å². The minimum absolute atomic E-state index is 0.0168. The highest BCUT2D eigenvalue weighted by atomic mass is 19.4. The summed E-state index contributed by atoms with van der Waals surface area (Å²) in [7, 11) is 0. The Morgan fingerprint density at radius 2 is 1.80 bits per heavy atom. The van der Waals surface area contributed by atoms with Gasteiger partial charge in [-0.25, -0.2) is 0 Å². The fraction of sp³-hybridized carbons (Fsp3) is 0.348. The third-order valence-electron chi connectivity index (χ3n) is 6.50. The van der Waals surface area contributed by atoms with Crippen LogP contribution < -0.4 is 10.5 Å². The van der Waals surface area contributed by atoms with Crippen molar-refractivity contribution in [3.8, 4) is 5.75 Å². The largest absolute Gasteiger partial charge is 0.490 e. The van der Waals surface area contributed by atoms with Crippen molar-refractivity contribution in [2.45, 2.75) is 49.3 Å². The van der Waals surface area contributed by atoms with E-state index in [0.29, 0.717) is 0 Å². The third kappa shape index (κ3) is 3.13. The number of carbonyl (C=O) groups excluding carboxylic acids is 1. The predicted octanol–water partition coefficient (Wildman–Crippen LogP) is 5.03. The van der Waals surface area contributed by atoms with E-state index in [1.807, 2.05) is 24.4 Å². The Morgan fingerprint density at radius 3 is 2.40 bits per heavy atom. The second-order valence-electron chi connectivity index (χ2n) is 8.38. The number of nitrogens with one attached hydrogen (secondary N) is 1. The first-order valence-corrected chi connectivity index (χ1v) is 10.0. The second-order valence-corrected chi connectivity index (χ2v) is 8.38. The molecule has 4 nitrogen and oxygen atoms in total. The summed E-state index contributed by atoms with van der Waals surface area (Å²) in [5.74, 6) is 0.626. The van der Waals surface area contributed by atoms with Gasteiger partial charge in [-0.15, -0.1) is 0 Å². The number of carbonyl (C=O) groups is 1. The molecule has 5 rings (SSSR count). The minimum Gasteiger partial charge on any atom is -0.490 e. The van der Waals surface area contributed by atoms with Gasteiger partial charge >= 0.3 is 6.18 Å². The van der Waals surface area contributed by atoms with Gasteiger partial charge < -0.3 is 15.5 Å². The quantitative estimate of drug-likeness (QED) is 0.615. The smallest absolute Gasteiger partial charge is 0.416 e. The molecule has 7 heteroatoms. The van der Waals surface area contributed by atoms with E-state index in [9.17, 15) is 18.0 Å². The first-order chi connectivity index (χ1) is 14.3. The molecule has 0 unspecified atom stereocenters. The van der Waals surface area contributed by atoms with Gasteiger partial charge in [-0.2, -0.15) is 13.2 Å². The number of fused-ring (bicyclic) bond motifs is 1. The highest BCUT2D eigenvalue weighted by Crippen LogP contribution is 2.50. The van der Waals surface area contributed by atoms with E-state index < -0.39 is 17.2 Å². The van der Waals surface area contributed by atoms with Crippen LogP contribution in [-0.4, -0.2) is 17.0 Å². The molecule has 0 bridgehead atoms. The van der Waals surface area contributed by atoms with Crippen LogP contribution >= 0.6 is 0 Å². The van der Waals surface area contributed by atoms with Crippen LogP contribution in [0.5, 0.6) is 5.75 Å². The van der Waals surface area contributed by atoms with Crippen molar-refractivity contribution < 1.29 is 22.7 Å². The zero-order valence-electron chi connectivity index (χ0n) is 16.1. The number of hydrogen-bond donors (Lipinski definition) is 2. The second kappa shape index (κ2) is 6.52. The van der Waals surface area contributed by atoms with Gasteiger partial charge in [-0.05, 0) is 73.1 Å². The molecule has 1 aromatic heterocycles. The van der Waals surface area contributed by atoms with Crippen LogP contribution in [0.3, 0.4) is 0 Å². The van der Waals surface area contributed by atoms with E-state index in [2.05, 4.69) is 4.98 Å². The first-order valence-electron chi connectivity index (χ1n) is 10.0. The van der Waals surface area contributed by atoms with Crippen molar-refractivity contribution in [1.82, 2.24) is 4.98 Å². The summed E-state index contributed by atoms with van der Waals surface area (Å²) in [6.07, 6.45) is 0.602. The molecule has 2 aliphatic carbocycles. The Bertz CT molecular complexity index is 1110. The monoisotopic (exact) mass is 414 g/mol. The minimum atomic E-state index is -4.31. The number of amides is 1. The van der Waals surface area contributed by atoms with Crippen LogP contribution in [0, 0.1) is 0 Å². The maximum absolute atomic E-state index is 12.7. The maximum atomic E-state index is 12.7. The number of H-pyrrole nitrogens is 1. The van der Waals surface area contributed by atoms with Gasteiger partial charge in [0.2, 0.25) is 5.91 Å². The van der Waals surface area contributed by atoms with E-state index in [1.54, 1.807) is 12.1 Å². The molecule has 1 heterocycles. The van der Waals surface area contributed by atoms with Crippen molar-refractivity contribution in [1.29, 1.82) is 0 Å². The molecule has 2 aliphatic rings. The molecule has 1 amide bonds. The van der Waals surface area contributed by atoms with E-state index in [1.165, 1.54) is 0 Å². The van der Waals surface area contributed by atoms with Crippen molar-refractivity contribution in [3.05, 3.63) is 65.4 Å². The van der Waals surface area contributed by atoms with Crippen molar-refractivity contribution in [2.75, 3.05) is 0 Å². The standard InChI is InChI=1S/C23H21F3N2O2/c24-23(25,26)15-3-1-13(2-4-15)14-9-17(10-14)30-16-5-6-20-18(11-16)19(12-28-20)22(7-8-22)21(27)29/h1-6,11-12,14,17,28H,7-10H2,(H2,27,29)/t14-,17+. The van der Waals surface area contributed by atoms with Gasteiger partial charge in [0, 0.05) is 17.1 Å². The van der Waals surface area contributed by atoms with Gasteiger partial charge in [0.25, 0.3) is 0 Å². The molecular formula is C23H21F3N2O2. The molecule has 2 saturated carbocycles. The average Bonchev–Trinajstić information content (AvgIpc) is 3.38. The topological polar surface area (TPSA) is 68.1 Å². The lowest BCUT2D eigenvalue weighted by atomic mass is 9.77. The number of ether oxygens (including phenoxy) is 1. The maximum Gasteiger partial charge on any atom is 0.416 e. The van der Waals surface area contributed by atoms with Crippen molar-refractivity contribution >= 4 is 16.8 Å². The highest BCUT2D eigenvalue weighted by molar-refractivity contribution is 5.97. The van der Waals surface area contributed by atoms with Crippen LogP contribution in [0.2, 0.25) is 0 Å². The lowest BCUT2D eigenvalue weighted by molar-refractivity contribution is -0.137. The van der Waals surface area contributed by atoms with Crippen LogP contribution in [0.1, 0.15) is 48.3 Å². The van der Waals surface area contributed by atoms with E-state index in [-0.39, 0.29) is 17.9 Å². The summed E-state index contributed by atoms with van der Waals surface area (Å²) in [5, 5.41) is 0.947. The summed E-state index contributed by atoms with van der Waals surface area (Å²) in [6, 6.07) is 11.1. The number of rotatable bonds is 5. The molecule has 0 aliphatic heterocycles. The van der Waals surface area contributed by atoms with Gasteiger partial charge in [0.15, 0.2) is 0 Å². The average molecular weight is 414 g/mol. The molecule has 2 aromatic carbocycles. The number of aromatic nitrogens is 1. The normalized spacial score (nSPS) is 22.5. The number of benzene rings is 2. The zero-order valence-corrected chi connectivity index (χ0v) is 16.1. The Balaban J connectivity index is 1.27. The molecule has 3 N–H and O–H groups in total. The predicted molar refractivity (Wildman–Crippen MR) is 106 cm³/mol. The highest BCUT2D eigenvalue weighted by Gasteiger charge is 2.51. The summed E-state index contributed by atoms with van der Waals surface area (Å²) in [4.78, 5) is 15.1. The van der Waals surface area contributed by atoms with Gasteiger partial charge in [-0.3, -0.25) is 4.79 Å². The van der Waals surface area contributed by atoms with Crippen molar-refractivity contribution in [2.24, 2.45) is 5.73 Å². The molecule has 0 spiro atoms. The van der Waals surface area contributed by atoms with E-state index in [0.717, 1.165) is 65.6 Å². The molecule has 2 fully saturated rings. The molecular weight excluding hydrogens is 393 g/mol. The number of halogens is 3. The summed E-state index contributed by atoms with van der Waals surface area (Å²) >= 11 is 0. The molecule has 156 valence electrons. The Morgan fingerprint density at radius 1 is 1.10 bits per heavy atom. The van der Waals surface area contributed by atoms with Crippen LogP contribution in [0.4, 0.5) is 13.2 Å². The molecule has 30 heavy (non-hydrogen) atoms. The molecule has 0 atom stereocenters. The van der Waals surface area contributed by atoms with Gasteiger partial charge in [-0.1, -0.05) is 12.1 Å². The van der Waals surface area contributed by atoms with Gasteiger partial charge in [0.1, 0.15) is 5.75 Å². The molecule has 0 saturated heterocycles. The molecule has 3 aromatic rings. The third-order valence-corrected chi connectivity index (χ3v) is 6.50. The Labute approximate surface area is 171 Å². The lowest BCUT2D eigenvalue weighted by Gasteiger charge is -2.36. The number of nitrogens with two attached hydrogens (primary N) is 1. The Hall–Kier alpha value is -2.96. The van der Waals surface area contributed by atoms with E-state index in [4.69, 9.17) is 10.5 Å². The fourth-order valence-electron chi connectivity index (χ4n) is 4.41. The zero-order chi connectivity index (χ0) is 21.1. The van der Waals surface area contributed by atoms with Crippen molar-refractivity contribution in [3.63, 3.8) is 0 Å². The number of alkyl halides is 3. The number of hydrogen-bond acceptors (Lipinski definition) is 2. The van der Waals surface area contributed by atoms with E-state index >= 15 is 0 Å². The first kappa shape index (κ1) is 19.0.